The van der Waals surface area contributed by atoms with Crippen LogP contribution in [0.3, 0.4) is 0 Å². The van der Waals surface area contributed by atoms with Crippen molar-refractivity contribution in [2.24, 2.45) is 11.8 Å². The van der Waals surface area contributed by atoms with E-state index in [4.69, 9.17) is 27.9 Å². The number of benzene rings is 3. The van der Waals surface area contributed by atoms with Crippen LogP contribution in [0.1, 0.15) is 17.2 Å². The highest BCUT2D eigenvalue weighted by molar-refractivity contribution is 6.32. The Morgan fingerprint density at radius 1 is 0.912 bits per heavy atom. The van der Waals surface area contributed by atoms with Crippen LogP contribution < -0.4 is 10.2 Å². The molecule has 0 bridgehead atoms. The minimum atomic E-state index is -1.58. The topological polar surface area (TPSA) is 75.7 Å². The van der Waals surface area contributed by atoms with E-state index in [1.807, 2.05) is 6.07 Å². The first kappa shape index (κ1) is 22.6. The molecule has 0 saturated carbocycles. The van der Waals surface area contributed by atoms with Crippen molar-refractivity contribution in [3.63, 3.8) is 0 Å². The number of esters is 1. The van der Waals surface area contributed by atoms with Gasteiger partial charge >= 0.3 is 5.97 Å². The van der Waals surface area contributed by atoms with Crippen LogP contribution in [0.5, 0.6) is 0 Å². The predicted octanol–water partition coefficient (Wildman–Crippen LogP) is 4.51. The smallest absolute Gasteiger partial charge is 0.331 e. The molecule has 1 N–H and O–H groups in total. The van der Waals surface area contributed by atoms with E-state index >= 15 is 0 Å². The SMILES string of the molecule is COC(=O)[C@]1(c2ccccc2)N[C@H](c2ccccc2Cl)[C@@H]2C(=O)N(c3ccc(Cl)cc3)C(=O)[C@@H]21. The number of imide groups is 1. The van der Waals surface area contributed by atoms with Crippen molar-refractivity contribution in [3.8, 4) is 0 Å². The molecule has 34 heavy (non-hydrogen) atoms. The average Bonchev–Trinajstić information content (AvgIpc) is 3.34. The van der Waals surface area contributed by atoms with E-state index in [-0.39, 0.29) is 0 Å². The molecular weight excluding hydrogens is 475 g/mol. The molecule has 0 unspecified atom stereocenters. The first-order valence-corrected chi connectivity index (χ1v) is 11.4. The Balaban J connectivity index is 1.74. The first-order valence-electron chi connectivity index (χ1n) is 10.7. The molecule has 3 aromatic carbocycles. The average molecular weight is 495 g/mol. The Morgan fingerprint density at radius 2 is 1.56 bits per heavy atom. The van der Waals surface area contributed by atoms with E-state index in [2.05, 4.69) is 5.32 Å². The van der Waals surface area contributed by atoms with Crippen LogP contribution in [0, 0.1) is 11.8 Å². The lowest BCUT2D eigenvalue weighted by atomic mass is 9.75. The molecule has 2 aliphatic rings. The van der Waals surface area contributed by atoms with Crippen LogP contribution >= 0.6 is 23.2 Å². The van der Waals surface area contributed by atoms with Crippen molar-refractivity contribution in [3.05, 3.63) is 100 Å². The van der Waals surface area contributed by atoms with Crippen molar-refractivity contribution in [2.45, 2.75) is 11.6 Å². The largest absolute Gasteiger partial charge is 0.467 e. The molecule has 2 saturated heterocycles. The molecule has 0 spiro atoms. The summed E-state index contributed by atoms with van der Waals surface area (Å²) in [6.07, 6.45) is 0. The number of nitrogens with one attached hydrogen (secondary N) is 1. The van der Waals surface area contributed by atoms with Crippen LogP contribution in [-0.2, 0) is 24.7 Å². The van der Waals surface area contributed by atoms with Gasteiger partial charge in [-0.25, -0.2) is 9.69 Å². The number of halogens is 2. The number of anilines is 1. The summed E-state index contributed by atoms with van der Waals surface area (Å²) in [7, 11) is 1.27. The van der Waals surface area contributed by atoms with E-state index in [1.54, 1.807) is 72.8 Å². The Bertz CT molecular complexity index is 1280. The van der Waals surface area contributed by atoms with Crippen LogP contribution in [0.25, 0.3) is 0 Å². The highest BCUT2D eigenvalue weighted by Crippen LogP contribution is 2.54. The van der Waals surface area contributed by atoms with Gasteiger partial charge in [0.2, 0.25) is 11.8 Å². The number of amides is 2. The molecule has 6 nitrogen and oxygen atoms in total. The Hall–Kier alpha value is -3.19. The number of hydrogen-bond donors (Lipinski definition) is 1. The monoisotopic (exact) mass is 494 g/mol. The summed E-state index contributed by atoms with van der Waals surface area (Å²) in [5.74, 6) is -3.50. The predicted molar refractivity (Wildman–Crippen MR) is 128 cm³/mol. The fourth-order valence-electron chi connectivity index (χ4n) is 5.18. The maximum atomic E-state index is 13.9. The molecule has 4 atom stereocenters. The van der Waals surface area contributed by atoms with Crippen LogP contribution in [0.4, 0.5) is 5.69 Å². The lowest BCUT2D eigenvalue weighted by Gasteiger charge is -2.33. The van der Waals surface area contributed by atoms with Gasteiger partial charge in [0.1, 0.15) is 0 Å². The summed E-state index contributed by atoms with van der Waals surface area (Å²) >= 11 is 12.5. The number of hydrogen-bond acceptors (Lipinski definition) is 5. The number of fused-ring (bicyclic) bond motifs is 1. The number of rotatable bonds is 4. The summed E-state index contributed by atoms with van der Waals surface area (Å²) < 4.78 is 5.22. The van der Waals surface area contributed by atoms with Gasteiger partial charge in [0.05, 0.1) is 24.6 Å². The zero-order valence-corrected chi connectivity index (χ0v) is 19.6. The van der Waals surface area contributed by atoms with Gasteiger partial charge in [-0.2, -0.15) is 0 Å². The van der Waals surface area contributed by atoms with Gasteiger partial charge in [0.15, 0.2) is 5.54 Å². The second-order valence-corrected chi connectivity index (χ2v) is 9.14. The Labute approximate surface area is 206 Å². The van der Waals surface area contributed by atoms with Crippen LogP contribution in [-0.4, -0.2) is 24.9 Å². The second kappa shape index (κ2) is 8.55. The number of carbonyl (C=O) groups is 3. The molecule has 0 aliphatic carbocycles. The van der Waals surface area contributed by atoms with E-state index in [0.29, 0.717) is 26.9 Å². The van der Waals surface area contributed by atoms with Gasteiger partial charge in [0, 0.05) is 16.1 Å². The highest BCUT2D eigenvalue weighted by Gasteiger charge is 2.69. The molecule has 2 aliphatic heterocycles. The zero-order valence-electron chi connectivity index (χ0n) is 18.1. The standard InChI is InChI=1S/C26H20Cl2N2O4/c1-34-25(33)26(15-7-3-2-4-8-15)21-20(22(29-26)18-9-5-6-10-19(18)28)23(31)30(24(21)32)17-13-11-16(27)12-14-17/h2-14,20-22,29H,1H3/t20-,21-,22-,26-/m1/s1. The molecule has 2 fully saturated rings. The third-order valence-electron chi connectivity index (χ3n) is 6.62. The van der Waals surface area contributed by atoms with Crippen molar-refractivity contribution < 1.29 is 19.1 Å². The maximum Gasteiger partial charge on any atom is 0.331 e. The lowest BCUT2D eigenvalue weighted by molar-refractivity contribution is -0.152. The summed E-state index contributed by atoms with van der Waals surface area (Å²) in [4.78, 5) is 42.4. The molecule has 8 heteroatoms. The molecule has 0 radical (unpaired) electrons. The van der Waals surface area contributed by atoms with E-state index in [0.717, 1.165) is 4.90 Å². The van der Waals surface area contributed by atoms with Gasteiger partial charge in [-0.15, -0.1) is 0 Å². The van der Waals surface area contributed by atoms with Gasteiger partial charge < -0.3 is 4.74 Å². The van der Waals surface area contributed by atoms with E-state index in [9.17, 15) is 14.4 Å². The molecule has 3 aromatic rings. The zero-order chi connectivity index (χ0) is 24.0. The van der Waals surface area contributed by atoms with Crippen LogP contribution in [0.2, 0.25) is 10.0 Å². The molecule has 5 rings (SSSR count). The number of carbonyl (C=O) groups excluding carboxylic acids is 3. The van der Waals surface area contributed by atoms with E-state index in [1.165, 1.54) is 7.11 Å². The molecule has 2 amide bonds. The normalized spacial score (nSPS) is 26.0. The number of ether oxygens (including phenoxy) is 1. The second-order valence-electron chi connectivity index (χ2n) is 8.30. The molecule has 172 valence electrons. The van der Waals surface area contributed by atoms with E-state index < -0.39 is 41.2 Å². The summed E-state index contributed by atoms with van der Waals surface area (Å²) in [5.41, 5.74) is -0.0395. The van der Waals surface area contributed by atoms with Crippen molar-refractivity contribution in [1.82, 2.24) is 5.32 Å². The Kier molecular flexibility index (Phi) is 5.68. The minimum Gasteiger partial charge on any atom is -0.467 e. The number of nitrogens with zero attached hydrogens (tertiary/aromatic N) is 1. The number of methoxy groups -OCH3 is 1. The summed E-state index contributed by atoms with van der Waals surface area (Å²) in [5, 5.41) is 4.23. The van der Waals surface area contributed by atoms with Crippen LogP contribution in [0.15, 0.2) is 78.9 Å². The molecule has 2 heterocycles. The summed E-state index contributed by atoms with van der Waals surface area (Å²) in [6.45, 7) is 0. The lowest BCUT2D eigenvalue weighted by Crippen LogP contribution is -2.53. The van der Waals surface area contributed by atoms with Crippen molar-refractivity contribution in [1.29, 1.82) is 0 Å². The molecular formula is C26H20Cl2N2O4. The molecule has 0 aromatic heterocycles. The fraction of sp³-hybridized carbons (Fsp3) is 0.192. The fourth-order valence-corrected chi connectivity index (χ4v) is 5.56. The van der Waals surface area contributed by atoms with Crippen molar-refractivity contribution in [2.75, 3.05) is 12.0 Å². The van der Waals surface area contributed by atoms with Gasteiger partial charge in [0.25, 0.3) is 0 Å². The highest BCUT2D eigenvalue weighted by atomic mass is 35.5. The Morgan fingerprint density at radius 3 is 2.21 bits per heavy atom. The summed E-state index contributed by atoms with van der Waals surface area (Å²) in [6, 6.07) is 21.7. The first-order chi connectivity index (χ1) is 16.4. The van der Waals surface area contributed by atoms with Gasteiger partial charge in [-0.1, -0.05) is 71.7 Å². The minimum absolute atomic E-state index is 0.388. The van der Waals surface area contributed by atoms with Gasteiger partial charge in [-0.3, -0.25) is 14.9 Å². The third kappa shape index (κ3) is 3.25. The quantitative estimate of drug-likeness (QED) is 0.426. The third-order valence-corrected chi connectivity index (χ3v) is 7.22. The van der Waals surface area contributed by atoms with Crippen molar-refractivity contribution >= 4 is 46.7 Å². The maximum absolute atomic E-state index is 13.9. The van der Waals surface area contributed by atoms with Gasteiger partial charge in [-0.05, 0) is 41.5 Å².